The average Bonchev–Trinajstić information content (AvgIpc) is 2.70. The lowest BCUT2D eigenvalue weighted by molar-refractivity contribution is 0.604. The lowest BCUT2D eigenvalue weighted by Crippen LogP contribution is -2.02. The van der Waals surface area contributed by atoms with E-state index in [1.165, 1.54) is 5.56 Å². The Hall–Kier alpha value is -1.16. The topological polar surface area (TPSA) is 30.7 Å². The van der Waals surface area contributed by atoms with Gasteiger partial charge in [-0.1, -0.05) is 28.1 Å². The van der Waals surface area contributed by atoms with E-state index in [2.05, 4.69) is 57.5 Å². The van der Waals surface area contributed by atoms with Crippen molar-refractivity contribution in [2.45, 2.75) is 26.8 Å². The van der Waals surface area contributed by atoms with E-state index in [-0.39, 0.29) is 0 Å². The lowest BCUT2D eigenvalue weighted by Gasteiger charge is -2.12. The highest BCUT2D eigenvalue weighted by Gasteiger charge is 2.12. The molecule has 0 saturated heterocycles. The predicted octanol–water partition coefficient (Wildman–Crippen LogP) is 3.60. The van der Waals surface area contributed by atoms with Gasteiger partial charge in [0.05, 0.1) is 0 Å². The molecule has 0 aliphatic rings. The number of rotatable bonds is 2. The van der Waals surface area contributed by atoms with Gasteiger partial charge in [0.1, 0.15) is 6.33 Å². The van der Waals surface area contributed by atoms with Crippen molar-refractivity contribution in [2.75, 3.05) is 0 Å². The summed E-state index contributed by atoms with van der Waals surface area (Å²) in [4.78, 5) is 0. The molecule has 1 aromatic carbocycles. The zero-order valence-corrected chi connectivity index (χ0v) is 11.2. The van der Waals surface area contributed by atoms with Gasteiger partial charge in [-0.2, -0.15) is 0 Å². The molecule has 0 aliphatic heterocycles. The average molecular weight is 280 g/mol. The van der Waals surface area contributed by atoms with Crippen molar-refractivity contribution in [3.05, 3.63) is 34.6 Å². The number of hydrogen-bond donors (Lipinski definition) is 0. The van der Waals surface area contributed by atoms with E-state index in [1.807, 2.05) is 12.1 Å². The number of halogens is 1. The molecule has 84 valence electrons. The van der Waals surface area contributed by atoms with Gasteiger partial charge in [-0.3, -0.25) is 0 Å². The van der Waals surface area contributed by atoms with Crippen LogP contribution in [0.15, 0.2) is 29.0 Å². The van der Waals surface area contributed by atoms with E-state index < -0.39 is 0 Å². The minimum atomic E-state index is 0.364. The molecule has 0 bridgehead atoms. The summed E-state index contributed by atoms with van der Waals surface area (Å²) >= 11 is 3.54. The molecule has 2 aromatic rings. The van der Waals surface area contributed by atoms with Gasteiger partial charge in [-0.15, -0.1) is 10.2 Å². The molecule has 1 aromatic heterocycles. The van der Waals surface area contributed by atoms with Crippen molar-refractivity contribution in [3.63, 3.8) is 0 Å². The molecule has 0 N–H and O–H groups in total. The molecule has 3 nitrogen and oxygen atoms in total. The maximum atomic E-state index is 4.20. The zero-order valence-electron chi connectivity index (χ0n) is 9.61. The van der Waals surface area contributed by atoms with Gasteiger partial charge in [-0.25, -0.2) is 0 Å². The summed E-state index contributed by atoms with van der Waals surface area (Å²) < 4.78 is 3.18. The third-order valence-corrected chi connectivity index (χ3v) is 3.50. The molecule has 4 heteroatoms. The molecular formula is C12H14BrN3. The van der Waals surface area contributed by atoms with Crippen LogP contribution in [0.3, 0.4) is 0 Å². The Morgan fingerprint density at radius 2 is 2.06 bits per heavy atom. The van der Waals surface area contributed by atoms with Crippen molar-refractivity contribution in [2.24, 2.45) is 0 Å². The predicted molar refractivity (Wildman–Crippen MR) is 68.3 cm³/mol. The van der Waals surface area contributed by atoms with Gasteiger partial charge in [0.2, 0.25) is 0 Å². The standard InChI is InChI=1S/C12H14BrN3/c1-8(2)16-7-14-15-12(16)10-5-4-6-11(13)9(10)3/h4-8H,1-3H3. The summed E-state index contributed by atoms with van der Waals surface area (Å²) in [7, 11) is 0. The van der Waals surface area contributed by atoms with Gasteiger partial charge in [0.25, 0.3) is 0 Å². The highest BCUT2D eigenvalue weighted by molar-refractivity contribution is 9.10. The number of aromatic nitrogens is 3. The summed E-state index contributed by atoms with van der Waals surface area (Å²) in [5, 5.41) is 8.19. The van der Waals surface area contributed by atoms with Crippen LogP contribution >= 0.6 is 15.9 Å². The second kappa shape index (κ2) is 4.37. The van der Waals surface area contributed by atoms with E-state index in [9.17, 15) is 0 Å². The van der Waals surface area contributed by atoms with Crippen LogP contribution in [0.5, 0.6) is 0 Å². The van der Waals surface area contributed by atoms with Crippen molar-refractivity contribution < 1.29 is 0 Å². The molecule has 0 spiro atoms. The van der Waals surface area contributed by atoms with E-state index in [4.69, 9.17) is 0 Å². The molecule has 0 fully saturated rings. The number of hydrogen-bond acceptors (Lipinski definition) is 2. The molecule has 1 heterocycles. The maximum absolute atomic E-state index is 4.20. The van der Waals surface area contributed by atoms with Crippen LogP contribution in [-0.4, -0.2) is 14.8 Å². The van der Waals surface area contributed by atoms with Crippen LogP contribution in [0.1, 0.15) is 25.5 Å². The van der Waals surface area contributed by atoms with Crippen LogP contribution in [0.25, 0.3) is 11.4 Å². The van der Waals surface area contributed by atoms with Gasteiger partial charge >= 0.3 is 0 Å². The molecule has 0 amide bonds. The van der Waals surface area contributed by atoms with Crippen molar-refractivity contribution in [1.82, 2.24) is 14.8 Å². The minimum absolute atomic E-state index is 0.364. The Kier molecular flexibility index (Phi) is 3.10. The van der Waals surface area contributed by atoms with Crippen molar-refractivity contribution >= 4 is 15.9 Å². The monoisotopic (exact) mass is 279 g/mol. The smallest absolute Gasteiger partial charge is 0.164 e. The molecule has 0 atom stereocenters. The van der Waals surface area contributed by atoms with E-state index in [0.29, 0.717) is 6.04 Å². The molecule has 0 aliphatic carbocycles. The summed E-state index contributed by atoms with van der Waals surface area (Å²) in [6, 6.07) is 6.49. The summed E-state index contributed by atoms with van der Waals surface area (Å²) in [6.07, 6.45) is 1.78. The summed E-state index contributed by atoms with van der Waals surface area (Å²) in [6.45, 7) is 6.33. The first-order chi connectivity index (χ1) is 7.61. The fourth-order valence-electron chi connectivity index (χ4n) is 1.66. The third kappa shape index (κ3) is 1.89. The van der Waals surface area contributed by atoms with Gasteiger partial charge in [0.15, 0.2) is 5.82 Å². The Labute approximate surface area is 104 Å². The molecule has 2 rings (SSSR count). The Bertz CT molecular complexity index is 503. The van der Waals surface area contributed by atoms with Crippen LogP contribution < -0.4 is 0 Å². The SMILES string of the molecule is Cc1c(Br)cccc1-c1nncn1C(C)C. The Morgan fingerprint density at radius 3 is 2.75 bits per heavy atom. The van der Waals surface area contributed by atoms with E-state index in [1.54, 1.807) is 6.33 Å². The lowest BCUT2D eigenvalue weighted by atomic mass is 10.1. The Balaban J connectivity index is 2.59. The molecular weight excluding hydrogens is 266 g/mol. The van der Waals surface area contributed by atoms with Crippen molar-refractivity contribution in [3.8, 4) is 11.4 Å². The fraction of sp³-hybridized carbons (Fsp3) is 0.333. The number of benzene rings is 1. The largest absolute Gasteiger partial charge is 0.311 e. The maximum Gasteiger partial charge on any atom is 0.164 e. The van der Waals surface area contributed by atoms with E-state index in [0.717, 1.165) is 15.9 Å². The first-order valence-corrected chi connectivity index (χ1v) is 6.05. The van der Waals surface area contributed by atoms with Crippen LogP contribution in [0.2, 0.25) is 0 Å². The molecule has 0 unspecified atom stereocenters. The highest BCUT2D eigenvalue weighted by atomic mass is 79.9. The summed E-state index contributed by atoms with van der Waals surface area (Å²) in [5.74, 6) is 0.925. The fourth-order valence-corrected chi connectivity index (χ4v) is 2.03. The number of nitrogens with zero attached hydrogens (tertiary/aromatic N) is 3. The van der Waals surface area contributed by atoms with E-state index >= 15 is 0 Å². The quantitative estimate of drug-likeness (QED) is 0.841. The van der Waals surface area contributed by atoms with Crippen LogP contribution in [0, 0.1) is 6.92 Å². The van der Waals surface area contributed by atoms with Gasteiger partial charge < -0.3 is 4.57 Å². The first kappa shape index (κ1) is 11.3. The molecule has 0 radical (unpaired) electrons. The second-order valence-electron chi connectivity index (χ2n) is 4.07. The summed E-state index contributed by atoms with van der Waals surface area (Å²) in [5.41, 5.74) is 2.32. The Morgan fingerprint density at radius 1 is 1.31 bits per heavy atom. The van der Waals surface area contributed by atoms with Crippen molar-refractivity contribution in [1.29, 1.82) is 0 Å². The highest BCUT2D eigenvalue weighted by Crippen LogP contribution is 2.28. The molecule has 16 heavy (non-hydrogen) atoms. The van der Waals surface area contributed by atoms with Gasteiger partial charge in [-0.05, 0) is 32.4 Å². The minimum Gasteiger partial charge on any atom is -0.311 e. The van der Waals surface area contributed by atoms with Gasteiger partial charge in [0, 0.05) is 16.1 Å². The van der Waals surface area contributed by atoms with Crippen LogP contribution in [0.4, 0.5) is 0 Å². The zero-order chi connectivity index (χ0) is 11.7. The first-order valence-electron chi connectivity index (χ1n) is 5.26. The second-order valence-corrected chi connectivity index (χ2v) is 4.92. The normalized spacial score (nSPS) is 11.1. The molecule has 0 saturated carbocycles. The van der Waals surface area contributed by atoms with Crippen LogP contribution in [-0.2, 0) is 0 Å². The third-order valence-electron chi connectivity index (χ3n) is 2.64.